The van der Waals surface area contributed by atoms with Crippen LogP contribution in [0.3, 0.4) is 0 Å². The predicted molar refractivity (Wildman–Crippen MR) is 59.6 cm³/mol. The van der Waals surface area contributed by atoms with E-state index >= 15 is 0 Å². The molecule has 0 aliphatic carbocycles. The highest BCUT2D eigenvalue weighted by molar-refractivity contribution is 7.98. The lowest BCUT2D eigenvalue weighted by Gasteiger charge is -2.11. The Kier molecular flexibility index (Phi) is 4.73. The molecule has 5 heteroatoms. The van der Waals surface area contributed by atoms with Crippen LogP contribution >= 0.6 is 11.8 Å². The topological polar surface area (TPSA) is 37.3 Å². The zero-order chi connectivity index (χ0) is 12.1. The number of carboxylic acids is 1. The number of rotatable bonds is 5. The average molecular weight is 246 g/mol. The minimum Gasteiger partial charge on any atom is -0.481 e. The first-order valence-corrected chi connectivity index (χ1v) is 6.09. The molecule has 0 heterocycles. The van der Waals surface area contributed by atoms with E-state index in [1.807, 2.05) is 0 Å². The van der Waals surface area contributed by atoms with Crippen LogP contribution in [0.25, 0.3) is 0 Å². The Morgan fingerprint density at radius 3 is 2.69 bits per heavy atom. The van der Waals surface area contributed by atoms with Crippen LogP contribution in [-0.4, -0.2) is 23.1 Å². The number of thioether (sulfide) groups is 1. The number of aliphatic carboxylic acids is 1. The van der Waals surface area contributed by atoms with Crippen LogP contribution < -0.4 is 0 Å². The Labute approximate surface area is 96.7 Å². The average Bonchev–Trinajstić information content (AvgIpc) is 2.20. The molecule has 0 aliphatic heterocycles. The molecule has 0 saturated heterocycles. The van der Waals surface area contributed by atoms with Gasteiger partial charge in [-0.15, -0.1) is 0 Å². The van der Waals surface area contributed by atoms with E-state index in [0.29, 0.717) is 5.75 Å². The van der Waals surface area contributed by atoms with Gasteiger partial charge in [-0.3, -0.25) is 4.79 Å². The standard InChI is InChI=1S/C11H12F2O2S/c1-16-6-8(11(14)15)4-7-2-3-9(12)5-10(7)13/h2-3,5,8H,4,6H2,1H3,(H,14,15). The van der Waals surface area contributed by atoms with Gasteiger partial charge in [0.05, 0.1) is 5.92 Å². The summed E-state index contributed by atoms with van der Waals surface area (Å²) in [5.74, 6) is -2.54. The predicted octanol–water partition coefficient (Wildman–Crippen LogP) is 2.57. The molecule has 0 aromatic heterocycles. The van der Waals surface area contributed by atoms with Crippen LogP contribution in [0.1, 0.15) is 5.56 Å². The smallest absolute Gasteiger partial charge is 0.307 e. The minimum atomic E-state index is -0.960. The minimum absolute atomic E-state index is 0.0856. The van der Waals surface area contributed by atoms with Crippen molar-refractivity contribution in [2.45, 2.75) is 6.42 Å². The summed E-state index contributed by atoms with van der Waals surface area (Å²) in [5, 5.41) is 8.90. The summed E-state index contributed by atoms with van der Waals surface area (Å²) in [6.45, 7) is 0. The fraction of sp³-hybridized carbons (Fsp3) is 0.364. The molecule has 0 saturated carbocycles. The summed E-state index contributed by atoms with van der Waals surface area (Å²) < 4.78 is 25.9. The molecule has 88 valence electrons. The Morgan fingerprint density at radius 2 is 2.19 bits per heavy atom. The Hall–Kier alpha value is -1.10. The highest BCUT2D eigenvalue weighted by Gasteiger charge is 2.19. The largest absolute Gasteiger partial charge is 0.481 e. The second-order valence-electron chi connectivity index (χ2n) is 3.43. The third-order valence-corrected chi connectivity index (χ3v) is 2.93. The van der Waals surface area contributed by atoms with E-state index < -0.39 is 23.5 Å². The van der Waals surface area contributed by atoms with Crippen LogP contribution in [-0.2, 0) is 11.2 Å². The molecule has 0 fully saturated rings. The van der Waals surface area contributed by atoms with E-state index in [0.717, 1.165) is 12.1 Å². The van der Waals surface area contributed by atoms with Gasteiger partial charge in [-0.2, -0.15) is 11.8 Å². The van der Waals surface area contributed by atoms with Crippen LogP contribution in [0.15, 0.2) is 18.2 Å². The molecule has 1 atom stereocenters. The number of benzene rings is 1. The van der Waals surface area contributed by atoms with E-state index in [2.05, 4.69) is 0 Å². The first-order valence-electron chi connectivity index (χ1n) is 4.70. The van der Waals surface area contributed by atoms with Crippen molar-refractivity contribution in [2.24, 2.45) is 5.92 Å². The van der Waals surface area contributed by atoms with Crippen molar-refractivity contribution >= 4 is 17.7 Å². The molecule has 0 bridgehead atoms. The maximum atomic E-state index is 13.3. The monoisotopic (exact) mass is 246 g/mol. The number of hydrogen-bond acceptors (Lipinski definition) is 2. The van der Waals surface area contributed by atoms with Crippen LogP contribution in [0, 0.1) is 17.6 Å². The molecule has 0 amide bonds. The molecule has 1 N–H and O–H groups in total. The SMILES string of the molecule is CSCC(Cc1ccc(F)cc1F)C(=O)O. The first kappa shape index (κ1) is 13.0. The van der Waals surface area contributed by atoms with E-state index in [-0.39, 0.29) is 12.0 Å². The molecule has 1 rings (SSSR count). The van der Waals surface area contributed by atoms with Crippen molar-refractivity contribution in [3.63, 3.8) is 0 Å². The maximum absolute atomic E-state index is 13.3. The Bertz CT molecular complexity index is 382. The molecule has 1 unspecified atom stereocenters. The van der Waals surface area contributed by atoms with Crippen molar-refractivity contribution in [1.82, 2.24) is 0 Å². The lowest BCUT2D eigenvalue weighted by Crippen LogP contribution is -2.19. The fourth-order valence-electron chi connectivity index (χ4n) is 1.37. The number of hydrogen-bond donors (Lipinski definition) is 1. The lowest BCUT2D eigenvalue weighted by atomic mass is 10.0. The number of halogens is 2. The zero-order valence-corrected chi connectivity index (χ0v) is 9.56. The zero-order valence-electron chi connectivity index (χ0n) is 8.74. The van der Waals surface area contributed by atoms with Gasteiger partial charge in [-0.05, 0) is 24.3 Å². The summed E-state index contributed by atoms with van der Waals surface area (Å²) in [4.78, 5) is 10.9. The van der Waals surface area contributed by atoms with E-state index in [9.17, 15) is 13.6 Å². The van der Waals surface area contributed by atoms with Crippen molar-refractivity contribution < 1.29 is 18.7 Å². The summed E-state index contributed by atoms with van der Waals surface area (Å²) in [6, 6.07) is 3.20. The Balaban J connectivity index is 2.81. The third kappa shape index (κ3) is 3.48. The molecule has 0 spiro atoms. The van der Waals surface area contributed by atoms with E-state index in [4.69, 9.17) is 5.11 Å². The summed E-state index contributed by atoms with van der Waals surface area (Å²) in [6.07, 6.45) is 1.87. The molecule has 1 aromatic rings. The summed E-state index contributed by atoms with van der Waals surface area (Å²) in [7, 11) is 0. The van der Waals surface area contributed by atoms with Crippen LogP contribution in [0.5, 0.6) is 0 Å². The normalized spacial score (nSPS) is 12.4. The number of carbonyl (C=O) groups is 1. The van der Waals surface area contributed by atoms with Crippen molar-refractivity contribution in [2.75, 3.05) is 12.0 Å². The van der Waals surface area contributed by atoms with Crippen molar-refractivity contribution in [1.29, 1.82) is 0 Å². The van der Waals surface area contributed by atoms with Gasteiger partial charge in [0.1, 0.15) is 11.6 Å². The highest BCUT2D eigenvalue weighted by atomic mass is 32.2. The molecular formula is C11H12F2O2S. The third-order valence-electron chi connectivity index (χ3n) is 2.20. The Morgan fingerprint density at radius 1 is 1.50 bits per heavy atom. The fourth-order valence-corrected chi connectivity index (χ4v) is 2.03. The van der Waals surface area contributed by atoms with Gasteiger partial charge in [0.2, 0.25) is 0 Å². The van der Waals surface area contributed by atoms with Gasteiger partial charge in [-0.1, -0.05) is 6.07 Å². The second-order valence-corrected chi connectivity index (χ2v) is 4.34. The molecule has 1 aromatic carbocycles. The van der Waals surface area contributed by atoms with Crippen molar-refractivity contribution in [3.8, 4) is 0 Å². The highest BCUT2D eigenvalue weighted by Crippen LogP contribution is 2.17. The van der Waals surface area contributed by atoms with Gasteiger partial charge < -0.3 is 5.11 Å². The molecular weight excluding hydrogens is 234 g/mol. The molecule has 2 nitrogen and oxygen atoms in total. The quantitative estimate of drug-likeness (QED) is 0.867. The van der Waals surface area contributed by atoms with E-state index in [1.165, 1.54) is 17.8 Å². The maximum Gasteiger partial charge on any atom is 0.307 e. The van der Waals surface area contributed by atoms with Gasteiger partial charge in [-0.25, -0.2) is 8.78 Å². The van der Waals surface area contributed by atoms with Crippen LogP contribution in [0.2, 0.25) is 0 Å². The van der Waals surface area contributed by atoms with Gasteiger partial charge in [0.25, 0.3) is 0 Å². The van der Waals surface area contributed by atoms with Gasteiger partial charge >= 0.3 is 5.97 Å². The number of carboxylic acid groups (broad SMARTS) is 1. The summed E-state index contributed by atoms with van der Waals surface area (Å²) in [5.41, 5.74) is 0.239. The van der Waals surface area contributed by atoms with E-state index in [1.54, 1.807) is 6.26 Å². The van der Waals surface area contributed by atoms with Crippen molar-refractivity contribution in [3.05, 3.63) is 35.4 Å². The van der Waals surface area contributed by atoms with Gasteiger partial charge in [0, 0.05) is 11.8 Å². The molecule has 0 radical (unpaired) electrons. The first-order chi connectivity index (χ1) is 7.54. The van der Waals surface area contributed by atoms with Crippen LogP contribution in [0.4, 0.5) is 8.78 Å². The van der Waals surface area contributed by atoms with Gasteiger partial charge in [0.15, 0.2) is 0 Å². The molecule has 16 heavy (non-hydrogen) atoms. The summed E-state index contributed by atoms with van der Waals surface area (Å²) >= 11 is 1.39. The molecule has 0 aliphatic rings. The second kappa shape index (κ2) is 5.84. The lowest BCUT2D eigenvalue weighted by molar-refractivity contribution is -0.140.